The summed E-state index contributed by atoms with van der Waals surface area (Å²) in [4.78, 5) is 30.5. The molecule has 1 aliphatic heterocycles. The van der Waals surface area contributed by atoms with Gasteiger partial charge in [-0.2, -0.15) is 4.39 Å². The molecule has 1 saturated heterocycles. The molecule has 220 valence electrons. The Hall–Kier alpha value is -3.86. The van der Waals surface area contributed by atoms with Crippen molar-refractivity contribution in [3.63, 3.8) is 0 Å². The number of aromatic nitrogens is 1. The van der Waals surface area contributed by atoms with E-state index in [-0.39, 0.29) is 35.4 Å². The van der Waals surface area contributed by atoms with Gasteiger partial charge in [0.25, 0.3) is 5.95 Å². The Bertz CT molecular complexity index is 1640. The Kier molecular flexibility index (Phi) is 7.24. The highest BCUT2D eigenvalue weighted by Gasteiger charge is 2.61. The molecule has 11 heteroatoms. The number of carbonyl (C=O) groups excluding carboxylic acids is 1. The van der Waals surface area contributed by atoms with Crippen LogP contribution >= 0.6 is 0 Å². The Balaban J connectivity index is 1.39. The number of aliphatic carboxylic acids is 1. The van der Waals surface area contributed by atoms with E-state index >= 15 is 0 Å². The van der Waals surface area contributed by atoms with Crippen LogP contribution in [0.5, 0.6) is 11.5 Å². The van der Waals surface area contributed by atoms with Gasteiger partial charge < -0.3 is 14.7 Å². The molecule has 0 spiro atoms. The first-order valence-electron chi connectivity index (χ1n) is 14.1. The zero-order valence-electron chi connectivity index (χ0n) is 22.7. The van der Waals surface area contributed by atoms with Gasteiger partial charge in [-0.15, -0.1) is 0 Å². The fourth-order valence-corrected chi connectivity index (χ4v) is 9.42. The normalized spacial score (nSPS) is 25.4. The average Bonchev–Trinajstić information content (AvgIpc) is 3.40. The first kappa shape index (κ1) is 28.3. The lowest BCUT2D eigenvalue weighted by Gasteiger charge is -2.43. The maximum Gasteiger partial charge on any atom is 0.306 e. The van der Waals surface area contributed by atoms with Gasteiger partial charge in [0.15, 0.2) is 15.6 Å². The highest BCUT2D eigenvalue weighted by atomic mass is 32.2. The van der Waals surface area contributed by atoms with E-state index in [1.54, 1.807) is 29.2 Å². The smallest absolute Gasteiger partial charge is 0.306 e. The third-order valence-electron chi connectivity index (χ3n) is 9.12. The van der Waals surface area contributed by atoms with Gasteiger partial charge in [0.05, 0.1) is 16.9 Å². The number of carboxylic acid groups (broad SMARTS) is 1. The third-order valence-corrected chi connectivity index (χ3v) is 11.7. The van der Waals surface area contributed by atoms with Crippen molar-refractivity contribution >= 4 is 21.7 Å². The van der Waals surface area contributed by atoms with Crippen LogP contribution in [0.4, 0.5) is 8.78 Å². The van der Waals surface area contributed by atoms with Crippen molar-refractivity contribution in [1.29, 1.82) is 0 Å². The molecule has 1 aromatic heterocycles. The minimum Gasteiger partial charge on any atom is -0.481 e. The topological polar surface area (TPSA) is 114 Å². The molecule has 8 nitrogen and oxygen atoms in total. The summed E-state index contributed by atoms with van der Waals surface area (Å²) in [6, 6.07) is 12.0. The van der Waals surface area contributed by atoms with Crippen LogP contribution < -0.4 is 4.74 Å². The molecule has 2 heterocycles. The van der Waals surface area contributed by atoms with Gasteiger partial charge >= 0.3 is 5.97 Å². The van der Waals surface area contributed by atoms with Crippen LogP contribution in [0.25, 0.3) is 0 Å². The molecule has 3 aliphatic rings. The number of pyridine rings is 1. The molecule has 2 fully saturated rings. The Labute approximate surface area is 242 Å². The number of hydrogen-bond donors (Lipinski definition) is 1. The summed E-state index contributed by atoms with van der Waals surface area (Å²) in [7, 11) is -4.14. The molecule has 42 heavy (non-hydrogen) atoms. The standard InChI is InChI=1S/C31H30F2N2O6S/c32-22-8-11-24(12-9-22)42(39,40)31-15-17-35(29(36)19-3-5-20(6-4-19)30(37)38)27(31)14-7-21-18-23(10-13-25(21)31)41-26-2-1-16-34-28(26)33/h1-2,8-13,16,18-20,27H,3-7,14-15,17H2,(H,37,38)/t19-,20-,27-,31-/m1/s1. The van der Waals surface area contributed by atoms with E-state index in [0.29, 0.717) is 49.8 Å². The molecule has 0 unspecified atom stereocenters. The number of halogens is 2. The van der Waals surface area contributed by atoms with E-state index in [1.165, 1.54) is 24.4 Å². The summed E-state index contributed by atoms with van der Waals surface area (Å²) < 4.78 is 61.3. The van der Waals surface area contributed by atoms with E-state index in [2.05, 4.69) is 4.98 Å². The van der Waals surface area contributed by atoms with Crippen LogP contribution in [0.1, 0.15) is 49.7 Å². The summed E-state index contributed by atoms with van der Waals surface area (Å²) in [6.07, 6.45) is 4.00. The number of likely N-dealkylation sites (tertiary alicyclic amines) is 1. The number of benzene rings is 2. The molecular weight excluding hydrogens is 566 g/mol. The Morgan fingerprint density at radius 2 is 1.69 bits per heavy atom. The fraction of sp³-hybridized carbons (Fsp3) is 0.387. The highest BCUT2D eigenvalue weighted by Crippen LogP contribution is 2.54. The molecule has 1 N–H and O–H groups in total. The number of fused-ring (bicyclic) bond motifs is 3. The number of rotatable bonds is 6. The summed E-state index contributed by atoms with van der Waals surface area (Å²) in [6.45, 7) is 0.224. The lowest BCUT2D eigenvalue weighted by molar-refractivity contribution is -0.146. The van der Waals surface area contributed by atoms with E-state index in [1.807, 2.05) is 0 Å². The molecular formula is C31H30F2N2O6S. The molecule has 1 saturated carbocycles. The lowest BCUT2D eigenvalue weighted by Crippen LogP contribution is -2.53. The minimum atomic E-state index is -4.14. The van der Waals surface area contributed by atoms with Crippen LogP contribution in [0.2, 0.25) is 0 Å². The van der Waals surface area contributed by atoms with E-state index in [9.17, 15) is 31.9 Å². The van der Waals surface area contributed by atoms with Gasteiger partial charge in [-0.25, -0.2) is 17.8 Å². The van der Waals surface area contributed by atoms with Crippen LogP contribution in [0.3, 0.4) is 0 Å². The van der Waals surface area contributed by atoms with Crippen molar-refractivity contribution in [3.8, 4) is 11.5 Å². The number of amides is 1. The average molecular weight is 597 g/mol. The van der Waals surface area contributed by atoms with Crippen LogP contribution in [0, 0.1) is 23.6 Å². The second kappa shape index (κ2) is 10.8. The summed E-state index contributed by atoms with van der Waals surface area (Å²) in [5.74, 6) is -2.89. The Morgan fingerprint density at radius 3 is 2.38 bits per heavy atom. The van der Waals surface area contributed by atoms with Crippen LogP contribution in [0.15, 0.2) is 65.7 Å². The number of hydrogen-bond acceptors (Lipinski definition) is 6. The first-order chi connectivity index (χ1) is 20.1. The second-order valence-corrected chi connectivity index (χ2v) is 13.5. The van der Waals surface area contributed by atoms with Crippen molar-refractivity contribution in [2.45, 2.75) is 60.6 Å². The number of carboxylic acids is 1. The molecule has 2 atom stereocenters. The predicted molar refractivity (Wildman–Crippen MR) is 147 cm³/mol. The van der Waals surface area contributed by atoms with Crippen molar-refractivity contribution in [3.05, 3.63) is 83.7 Å². The second-order valence-electron chi connectivity index (χ2n) is 11.3. The quantitative estimate of drug-likeness (QED) is 0.305. The monoisotopic (exact) mass is 596 g/mol. The van der Waals surface area contributed by atoms with E-state index in [4.69, 9.17) is 4.74 Å². The first-order valence-corrected chi connectivity index (χ1v) is 15.6. The molecule has 6 rings (SSSR count). The number of sulfone groups is 1. The summed E-state index contributed by atoms with van der Waals surface area (Å²) in [5, 5.41) is 9.37. The van der Waals surface area contributed by atoms with Gasteiger partial charge in [-0.05, 0) is 105 Å². The summed E-state index contributed by atoms with van der Waals surface area (Å²) >= 11 is 0. The summed E-state index contributed by atoms with van der Waals surface area (Å²) in [5.41, 5.74) is 1.27. The van der Waals surface area contributed by atoms with Gasteiger partial charge in [0.2, 0.25) is 5.91 Å². The van der Waals surface area contributed by atoms with Gasteiger partial charge in [-0.1, -0.05) is 6.07 Å². The van der Waals surface area contributed by atoms with E-state index < -0.39 is 44.3 Å². The van der Waals surface area contributed by atoms with Crippen LogP contribution in [-0.2, 0) is 30.6 Å². The van der Waals surface area contributed by atoms with Gasteiger partial charge in [0, 0.05) is 18.7 Å². The van der Waals surface area contributed by atoms with Gasteiger partial charge in [-0.3, -0.25) is 9.59 Å². The maximum atomic E-state index is 14.5. The predicted octanol–water partition coefficient (Wildman–Crippen LogP) is 5.26. The van der Waals surface area contributed by atoms with Gasteiger partial charge in [0.1, 0.15) is 16.3 Å². The van der Waals surface area contributed by atoms with Crippen molar-refractivity contribution < 1.29 is 36.6 Å². The minimum absolute atomic E-state index is 0.0317. The molecule has 0 bridgehead atoms. The maximum absolute atomic E-state index is 14.5. The Morgan fingerprint density at radius 1 is 0.976 bits per heavy atom. The molecule has 2 aliphatic carbocycles. The zero-order chi connectivity index (χ0) is 29.6. The number of ether oxygens (including phenoxy) is 1. The van der Waals surface area contributed by atoms with Crippen molar-refractivity contribution in [2.24, 2.45) is 11.8 Å². The van der Waals surface area contributed by atoms with Crippen LogP contribution in [-0.4, -0.2) is 47.9 Å². The largest absolute Gasteiger partial charge is 0.481 e. The molecule has 0 radical (unpaired) electrons. The van der Waals surface area contributed by atoms with Crippen molar-refractivity contribution in [2.75, 3.05) is 6.54 Å². The number of nitrogens with zero attached hydrogens (tertiary/aromatic N) is 2. The molecule has 2 aromatic carbocycles. The lowest BCUT2D eigenvalue weighted by atomic mass is 9.77. The number of aryl methyl sites for hydroxylation is 1. The van der Waals surface area contributed by atoms with Crippen molar-refractivity contribution in [1.82, 2.24) is 9.88 Å². The highest BCUT2D eigenvalue weighted by molar-refractivity contribution is 7.92. The third kappa shape index (κ3) is 4.63. The SMILES string of the molecule is O=C(O)[C@H]1CC[C@H](C(=O)N2CC[C@@]3(S(=O)(=O)c4ccc(F)cc4)c4ccc(Oc5cccnc5F)cc4CC[C@@H]23)CC1. The van der Waals surface area contributed by atoms with E-state index in [0.717, 1.165) is 17.7 Å². The molecule has 1 amide bonds. The zero-order valence-corrected chi connectivity index (χ0v) is 23.5. The molecule has 3 aromatic rings. The fourth-order valence-electron chi connectivity index (χ4n) is 7.05. The number of carbonyl (C=O) groups is 2.